The minimum absolute atomic E-state index is 0.248. The average molecular weight is 390 g/mol. The van der Waals surface area contributed by atoms with Gasteiger partial charge in [0.2, 0.25) is 10.0 Å². The zero-order valence-corrected chi connectivity index (χ0v) is 16.6. The van der Waals surface area contributed by atoms with Crippen molar-refractivity contribution in [3.63, 3.8) is 0 Å². The fourth-order valence-corrected chi connectivity index (χ4v) is 6.07. The molecule has 1 atom stereocenters. The Bertz CT molecular complexity index is 1090. The molecule has 0 amide bonds. The molecule has 0 fully saturated rings. The number of rotatable bonds is 4. The number of aryl methyl sites for hydroxylation is 1. The lowest BCUT2D eigenvalue weighted by molar-refractivity contribution is 0.355. The summed E-state index contributed by atoms with van der Waals surface area (Å²) in [5, 5.41) is 0. The van der Waals surface area contributed by atoms with E-state index >= 15 is 0 Å². The van der Waals surface area contributed by atoms with Gasteiger partial charge in [-0.15, -0.1) is 0 Å². The molecule has 3 aliphatic carbocycles. The van der Waals surface area contributed by atoms with Crippen molar-refractivity contribution < 1.29 is 8.42 Å². The predicted octanol–water partition coefficient (Wildman–Crippen LogP) is 4.57. The summed E-state index contributed by atoms with van der Waals surface area (Å²) < 4.78 is 28.4. The number of fused-ring (bicyclic) bond motifs is 1. The highest BCUT2D eigenvalue weighted by molar-refractivity contribution is 7.89. The van der Waals surface area contributed by atoms with Crippen molar-refractivity contribution in [1.82, 2.24) is 4.72 Å². The first-order chi connectivity index (χ1) is 13.5. The molecule has 3 aromatic rings. The molecule has 3 aliphatic rings. The second-order valence-electron chi connectivity index (χ2n) is 7.95. The van der Waals surface area contributed by atoms with Gasteiger partial charge in [-0.3, -0.25) is 0 Å². The molecule has 0 aliphatic heterocycles. The van der Waals surface area contributed by atoms with E-state index in [1.54, 1.807) is 12.1 Å². The van der Waals surface area contributed by atoms with E-state index in [1.807, 2.05) is 19.1 Å². The Hall–Kier alpha value is -2.43. The largest absolute Gasteiger partial charge is 0.240 e. The lowest BCUT2D eigenvalue weighted by Crippen LogP contribution is -2.39. The smallest absolute Gasteiger partial charge is 0.211 e. The molecule has 0 spiro atoms. The van der Waals surface area contributed by atoms with Gasteiger partial charge in [0.15, 0.2) is 0 Å². The van der Waals surface area contributed by atoms with E-state index < -0.39 is 10.0 Å². The molecule has 2 bridgehead atoms. The molecule has 1 N–H and O–H groups in total. The van der Waals surface area contributed by atoms with Gasteiger partial charge in [-0.2, -0.15) is 0 Å². The molecule has 4 heteroatoms. The third-order valence-electron chi connectivity index (χ3n) is 6.29. The maximum absolute atomic E-state index is 12.8. The topological polar surface area (TPSA) is 46.2 Å². The van der Waals surface area contributed by atoms with Crippen LogP contribution in [-0.4, -0.2) is 15.0 Å². The monoisotopic (exact) mass is 389 g/mol. The number of hydrogen-bond acceptors (Lipinski definition) is 2. The van der Waals surface area contributed by atoms with Crippen molar-refractivity contribution in [2.45, 2.75) is 30.1 Å². The number of benzene rings is 3. The summed E-state index contributed by atoms with van der Waals surface area (Å²) in [6.07, 6.45) is 0.981. The highest BCUT2D eigenvalue weighted by Gasteiger charge is 2.43. The summed E-state index contributed by atoms with van der Waals surface area (Å²) in [7, 11) is -3.50. The molecule has 142 valence electrons. The Labute approximate surface area is 166 Å². The van der Waals surface area contributed by atoms with Crippen molar-refractivity contribution in [3.8, 4) is 0 Å². The first-order valence-electron chi connectivity index (χ1n) is 9.78. The predicted molar refractivity (Wildman–Crippen MR) is 111 cm³/mol. The Morgan fingerprint density at radius 1 is 0.821 bits per heavy atom. The lowest BCUT2D eigenvalue weighted by Gasteiger charge is -2.45. The van der Waals surface area contributed by atoms with Crippen LogP contribution in [0, 0.1) is 12.8 Å². The van der Waals surface area contributed by atoms with E-state index in [0.29, 0.717) is 17.4 Å². The van der Waals surface area contributed by atoms with Crippen molar-refractivity contribution in [2.75, 3.05) is 6.54 Å². The minimum atomic E-state index is -3.50. The molecule has 0 saturated carbocycles. The summed E-state index contributed by atoms with van der Waals surface area (Å²) in [4.78, 5) is 0.333. The third kappa shape index (κ3) is 2.79. The van der Waals surface area contributed by atoms with Crippen molar-refractivity contribution in [2.24, 2.45) is 5.92 Å². The average Bonchev–Trinajstić information content (AvgIpc) is 2.73. The summed E-state index contributed by atoms with van der Waals surface area (Å²) in [6.45, 7) is 2.41. The number of nitrogens with one attached hydrogen (secondary N) is 1. The van der Waals surface area contributed by atoms with Gasteiger partial charge in [0.1, 0.15) is 0 Å². The van der Waals surface area contributed by atoms with Gasteiger partial charge in [0, 0.05) is 18.4 Å². The zero-order valence-electron chi connectivity index (χ0n) is 15.8. The van der Waals surface area contributed by atoms with Crippen LogP contribution in [0.5, 0.6) is 0 Å². The minimum Gasteiger partial charge on any atom is -0.211 e. The normalized spacial score (nSPS) is 22.5. The number of hydrogen-bond donors (Lipinski definition) is 1. The molecule has 28 heavy (non-hydrogen) atoms. The highest BCUT2D eigenvalue weighted by atomic mass is 32.2. The Morgan fingerprint density at radius 3 is 1.93 bits per heavy atom. The van der Waals surface area contributed by atoms with Crippen LogP contribution in [0.1, 0.15) is 46.1 Å². The standard InChI is InChI=1S/C24H23NO2S/c1-16-10-12-18(13-11-16)28(26,27)25-15-17-14-23-19-6-2-4-8-21(19)24(17)22-9-5-3-7-20(22)23/h2-13,17,23-25H,14-15H2,1H3. The summed E-state index contributed by atoms with van der Waals surface area (Å²) in [6, 6.07) is 24.3. The lowest BCUT2D eigenvalue weighted by atomic mass is 9.59. The summed E-state index contributed by atoms with van der Waals surface area (Å²) in [5.74, 6) is 0.861. The Balaban J connectivity index is 1.46. The van der Waals surface area contributed by atoms with Crippen molar-refractivity contribution >= 4 is 10.0 Å². The molecule has 1 unspecified atom stereocenters. The molecule has 3 aromatic carbocycles. The zero-order chi connectivity index (χ0) is 19.3. The van der Waals surface area contributed by atoms with Crippen molar-refractivity contribution in [1.29, 1.82) is 0 Å². The van der Waals surface area contributed by atoms with E-state index in [9.17, 15) is 8.42 Å². The van der Waals surface area contributed by atoms with Crippen LogP contribution in [0.25, 0.3) is 0 Å². The molecule has 6 rings (SSSR count). The molecule has 0 saturated heterocycles. The van der Waals surface area contributed by atoms with Crippen LogP contribution >= 0.6 is 0 Å². The SMILES string of the molecule is Cc1ccc(S(=O)(=O)NCC2CC3c4ccccc4C2c2ccccc23)cc1. The maximum Gasteiger partial charge on any atom is 0.240 e. The van der Waals surface area contributed by atoms with Crippen molar-refractivity contribution in [3.05, 3.63) is 101 Å². The van der Waals surface area contributed by atoms with E-state index in [-0.39, 0.29) is 11.8 Å². The fraction of sp³-hybridized carbons (Fsp3) is 0.250. The van der Waals surface area contributed by atoms with Crippen LogP contribution in [-0.2, 0) is 10.0 Å². The van der Waals surface area contributed by atoms with Crippen LogP contribution in [0.15, 0.2) is 77.7 Å². The first kappa shape index (κ1) is 17.7. The van der Waals surface area contributed by atoms with E-state index in [0.717, 1.165) is 12.0 Å². The van der Waals surface area contributed by atoms with E-state index in [4.69, 9.17) is 0 Å². The van der Waals surface area contributed by atoms with Crippen LogP contribution in [0.2, 0.25) is 0 Å². The third-order valence-corrected chi connectivity index (χ3v) is 7.73. The second-order valence-corrected chi connectivity index (χ2v) is 9.72. The van der Waals surface area contributed by atoms with Gasteiger partial charge in [0.05, 0.1) is 4.90 Å². The molecule has 0 aromatic heterocycles. The molecular formula is C24H23NO2S. The van der Waals surface area contributed by atoms with Crippen LogP contribution in [0.3, 0.4) is 0 Å². The quantitative estimate of drug-likeness (QED) is 0.710. The molecule has 3 nitrogen and oxygen atoms in total. The van der Waals surface area contributed by atoms with Gasteiger partial charge in [-0.05, 0) is 53.6 Å². The van der Waals surface area contributed by atoms with E-state index in [2.05, 4.69) is 53.3 Å². The summed E-state index contributed by atoms with van der Waals surface area (Å²) in [5.41, 5.74) is 6.58. The number of sulfonamides is 1. The van der Waals surface area contributed by atoms with Gasteiger partial charge in [-0.1, -0.05) is 66.2 Å². The fourth-order valence-electron chi connectivity index (χ4n) is 4.98. The second kappa shape index (κ2) is 6.57. The molecule has 0 radical (unpaired) electrons. The summed E-state index contributed by atoms with van der Waals surface area (Å²) >= 11 is 0. The highest BCUT2D eigenvalue weighted by Crippen LogP contribution is 2.55. The first-order valence-corrected chi connectivity index (χ1v) is 11.3. The molecule has 0 heterocycles. The van der Waals surface area contributed by atoms with Gasteiger partial charge >= 0.3 is 0 Å². The van der Waals surface area contributed by atoms with Crippen LogP contribution in [0.4, 0.5) is 0 Å². The molecular weight excluding hydrogens is 366 g/mol. The van der Waals surface area contributed by atoms with Gasteiger partial charge in [0.25, 0.3) is 0 Å². The van der Waals surface area contributed by atoms with Gasteiger partial charge in [-0.25, -0.2) is 13.1 Å². The Morgan fingerprint density at radius 2 is 1.36 bits per heavy atom. The Kier molecular flexibility index (Phi) is 4.14. The van der Waals surface area contributed by atoms with E-state index in [1.165, 1.54) is 22.3 Å². The van der Waals surface area contributed by atoms with Gasteiger partial charge < -0.3 is 0 Å². The van der Waals surface area contributed by atoms with Crippen LogP contribution < -0.4 is 4.72 Å². The maximum atomic E-state index is 12.8.